The van der Waals surface area contributed by atoms with Gasteiger partial charge in [-0.15, -0.1) is 0 Å². The Hall–Kier alpha value is -2.36. The average molecular weight is 519 g/mol. The fourth-order valence-corrected chi connectivity index (χ4v) is 5.48. The maximum atomic E-state index is 9.55. The van der Waals surface area contributed by atoms with E-state index in [2.05, 4.69) is 53.1 Å². The van der Waals surface area contributed by atoms with E-state index in [0.29, 0.717) is 18.2 Å². The van der Waals surface area contributed by atoms with Gasteiger partial charge in [-0.25, -0.2) is 9.59 Å². The predicted octanol–water partition coefficient (Wildman–Crippen LogP) is 4.45. The van der Waals surface area contributed by atoms with Crippen LogP contribution < -0.4 is 0 Å². The number of carboxylic acids is 2. The third-order valence-corrected chi connectivity index (χ3v) is 7.35. The van der Waals surface area contributed by atoms with Crippen molar-refractivity contribution in [3.63, 3.8) is 0 Å². The number of carbonyl (C=O) groups is 2. The first-order valence-corrected chi connectivity index (χ1v) is 12.8. The number of hydrogen-bond acceptors (Lipinski definition) is 6. The molecule has 188 valence electrons. The molecule has 1 atom stereocenters. The van der Waals surface area contributed by atoms with Gasteiger partial charge < -0.3 is 14.9 Å². The number of piperazine rings is 1. The Labute approximate surface area is 215 Å². The molecule has 1 saturated heterocycles. The van der Waals surface area contributed by atoms with Gasteiger partial charge in [0.05, 0.1) is 6.61 Å². The molecule has 2 N–H and O–H groups in total. The fourth-order valence-electron chi connectivity index (χ4n) is 4.19. The SMILES string of the molecule is CCOCCN1CCN(C2Cc3ccccc3Sc3ccc(Cl)cc32)CC1.O=C(O)C=CC(=O)O. The summed E-state index contributed by atoms with van der Waals surface area (Å²) >= 11 is 8.27. The van der Waals surface area contributed by atoms with Crippen LogP contribution in [0, 0.1) is 0 Å². The molecule has 0 bridgehead atoms. The Morgan fingerprint density at radius 3 is 2.40 bits per heavy atom. The van der Waals surface area contributed by atoms with E-state index in [9.17, 15) is 9.59 Å². The maximum absolute atomic E-state index is 9.55. The van der Waals surface area contributed by atoms with Crippen LogP contribution >= 0.6 is 23.4 Å². The summed E-state index contributed by atoms with van der Waals surface area (Å²) in [6, 6.07) is 15.6. The molecule has 2 aromatic carbocycles. The average Bonchev–Trinajstić information content (AvgIpc) is 3.00. The molecule has 2 aromatic rings. The normalized spacial score (nSPS) is 18.2. The van der Waals surface area contributed by atoms with E-state index in [1.807, 2.05) is 17.8 Å². The smallest absolute Gasteiger partial charge is 0.328 e. The second-order valence-electron chi connectivity index (χ2n) is 8.20. The van der Waals surface area contributed by atoms with E-state index in [-0.39, 0.29) is 0 Å². The van der Waals surface area contributed by atoms with Crippen molar-refractivity contribution in [2.75, 3.05) is 45.9 Å². The topological polar surface area (TPSA) is 90.3 Å². The zero-order chi connectivity index (χ0) is 25.2. The second-order valence-corrected chi connectivity index (χ2v) is 9.72. The Morgan fingerprint density at radius 2 is 1.74 bits per heavy atom. The van der Waals surface area contributed by atoms with Crippen LogP contribution in [-0.2, 0) is 20.7 Å². The largest absolute Gasteiger partial charge is 0.478 e. The summed E-state index contributed by atoms with van der Waals surface area (Å²) in [5, 5.41) is 16.5. The molecule has 9 heteroatoms. The van der Waals surface area contributed by atoms with Gasteiger partial charge >= 0.3 is 11.9 Å². The quantitative estimate of drug-likeness (QED) is 0.410. The number of fused-ring (bicyclic) bond motifs is 2. The van der Waals surface area contributed by atoms with Crippen LogP contribution in [0.4, 0.5) is 0 Å². The number of hydrogen-bond donors (Lipinski definition) is 2. The Morgan fingerprint density at radius 1 is 1.06 bits per heavy atom. The van der Waals surface area contributed by atoms with Crippen molar-refractivity contribution in [1.29, 1.82) is 0 Å². The van der Waals surface area contributed by atoms with Crippen LogP contribution in [0.15, 0.2) is 64.4 Å². The first-order valence-electron chi connectivity index (χ1n) is 11.6. The van der Waals surface area contributed by atoms with Gasteiger partial charge in [-0.05, 0) is 48.7 Å². The van der Waals surface area contributed by atoms with Crippen LogP contribution in [0.2, 0.25) is 5.02 Å². The second kappa shape index (κ2) is 13.7. The summed E-state index contributed by atoms with van der Waals surface area (Å²) in [5.74, 6) is -2.51. The van der Waals surface area contributed by atoms with Gasteiger partial charge in [-0.3, -0.25) is 9.80 Å². The Bertz CT molecular complexity index is 1020. The van der Waals surface area contributed by atoms with Gasteiger partial charge in [0, 0.05) is 72.3 Å². The summed E-state index contributed by atoms with van der Waals surface area (Å²) in [5.41, 5.74) is 2.82. The minimum Gasteiger partial charge on any atom is -0.478 e. The van der Waals surface area contributed by atoms with Crippen molar-refractivity contribution >= 4 is 35.3 Å². The molecule has 35 heavy (non-hydrogen) atoms. The lowest BCUT2D eigenvalue weighted by molar-refractivity contribution is -0.134. The number of nitrogens with zero attached hydrogens (tertiary/aromatic N) is 2. The monoisotopic (exact) mass is 518 g/mol. The molecule has 1 fully saturated rings. The van der Waals surface area contributed by atoms with Gasteiger partial charge in [0.25, 0.3) is 0 Å². The van der Waals surface area contributed by atoms with Crippen LogP contribution in [0.25, 0.3) is 0 Å². The lowest BCUT2D eigenvalue weighted by atomic mass is 9.96. The van der Waals surface area contributed by atoms with E-state index < -0.39 is 11.9 Å². The highest BCUT2D eigenvalue weighted by Crippen LogP contribution is 2.43. The maximum Gasteiger partial charge on any atom is 0.328 e. The molecular formula is C26H31ClN2O5S. The van der Waals surface area contributed by atoms with Gasteiger partial charge in [-0.1, -0.05) is 41.6 Å². The first-order chi connectivity index (χ1) is 16.9. The Kier molecular flexibility index (Phi) is 10.6. The van der Waals surface area contributed by atoms with Crippen molar-refractivity contribution in [1.82, 2.24) is 9.80 Å². The standard InChI is InChI=1S/C22H27ClN2OS.C4H4O4/c1-2-26-14-13-24-9-11-25(12-10-24)20-15-17-5-3-4-6-21(17)27-22-8-7-18(23)16-19(20)22;5-3(6)1-2-4(7)8/h3-8,16,20H,2,9-15H2,1H3;1-2H,(H,5,6)(H,7,8). The molecule has 0 radical (unpaired) electrons. The third kappa shape index (κ3) is 8.37. The number of ether oxygens (including phenoxy) is 1. The molecule has 0 amide bonds. The van der Waals surface area contributed by atoms with E-state index in [0.717, 1.165) is 57.4 Å². The molecule has 0 aromatic heterocycles. The van der Waals surface area contributed by atoms with Crippen molar-refractivity contribution in [2.24, 2.45) is 0 Å². The molecule has 1 unspecified atom stereocenters. The zero-order valence-corrected chi connectivity index (χ0v) is 21.3. The molecule has 0 aliphatic carbocycles. The minimum absolute atomic E-state index is 0.392. The van der Waals surface area contributed by atoms with Crippen LogP contribution in [-0.4, -0.2) is 77.9 Å². The van der Waals surface area contributed by atoms with Crippen molar-refractivity contribution < 1.29 is 24.5 Å². The highest BCUT2D eigenvalue weighted by molar-refractivity contribution is 7.99. The fraction of sp³-hybridized carbons (Fsp3) is 0.385. The molecule has 0 saturated carbocycles. The van der Waals surface area contributed by atoms with Crippen LogP contribution in [0.5, 0.6) is 0 Å². The van der Waals surface area contributed by atoms with Gasteiger partial charge in [0.2, 0.25) is 0 Å². The number of benzene rings is 2. The molecule has 2 aliphatic rings. The van der Waals surface area contributed by atoms with Crippen LogP contribution in [0.3, 0.4) is 0 Å². The van der Waals surface area contributed by atoms with E-state index in [1.165, 1.54) is 20.9 Å². The zero-order valence-electron chi connectivity index (χ0n) is 19.7. The molecule has 0 spiro atoms. The lowest BCUT2D eigenvalue weighted by Crippen LogP contribution is -2.48. The van der Waals surface area contributed by atoms with Crippen molar-refractivity contribution in [3.8, 4) is 0 Å². The van der Waals surface area contributed by atoms with Gasteiger partial charge in [0.15, 0.2) is 0 Å². The van der Waals surface area contributed by atoms with Gasteiger partial charge in [-0.2, -0.15) is 0 Å². The highest BCUT2D eigenvalue weighted by atomic mass is 35.5. The predicted molar refractivity (Wildman–Crippen MR) is 137 cm³/mol. The van der Waals surface area contributed by atoms with E-state index in [1.54, 1.807) is 0 Å². The molecule has 7 nitrogen and oxygen atoms in total. The minimum atomic E-state index is -1.26. The summed E-state index contributed by atoms with van der Waals surface area (Å²) < 4.78 is 5.52. The number of rotatable bonds is 7. The third-order valence-electron chi connectivity index (χ3n) is 5.91. The van der Waals surface area contributed by atoms with Crippen LogP contribution in [0.1, 0.15) is 24.1 Å². The lowest BCUT2D eigenvalue weighted by Gasteiger charge is -2.39. The highest BCUT2D eigenvalue weighted by Gasteiger charge is 2.30. The van der Waals surface area contributed by atoms with Crippen molar-refractivity contribution in [2.45, 2.75) is 29.2 Å². The summed E-state index contributed by atoms with van der Waals surface area (Å²) in [6.07, 6.45) is 2.17. The Balaban J connectivity index is 0.000000371. The molecule has 4 rings (SSSR count). The summed E-state index contributed by atoms with van der Waals surface area (Å²) in [7, 11) is 0. The molecule has 2 aliphatic heterocycles. The van der Waals surface area contributed by atoms with E-state index in [4.69, 9.17) is 26.6 Å². The molecular weight excluding hydrogens is 488 g/mol. The number of carboxylic acid groups (broad SMARTS) is 2. The van der Waals surface area contributed by atoms with Gasteiger partial charge in [0.1, 0.15) is 0 Å². The number of halogens is 1. The van der Waals surface area contributed by atoms with Crippen molar-refractivity contribution in [3.05, 3.63) is 70.8 Å². The molecule has 2 heterocycles. The number of aliphatic carboxylic acids is 2. The first kappa shape index (κ1) is 27.2. The summed E-state index contributed by atoms with van der Waals surface area (Å²) in [6.45, 7) is 9.13. The van der Waals surface area contributed by atoms with E-state index >= 15 is 0 Å². The summed E-state index contributed by atoms with van der Waals surface area (Å²) in [4.78, 5) is 27.0.